The lowest BCUT2D eigenvalue weighted by molar-refractivity contribution is -0.242. The Hall–Kier alpha value is -0.160. The van der Waals surface area contributed by atoms with Gasteiger partial charge in [-0.2, -0.15) is 0 Å². The van der Waals surface area contributed by atoms with Crippen molar-refractivity contribution in [1.29, 1.82) is 0 Å². The highest BCUT2D eigenvalue weighted by atomic mass is 16.7. The second kappa shape index (κ2) is 4.91. The van der Waals surface area contributed by atoms with Crippen LogP contribution in [0.25, 0.3) is 0 Å². The Bertz CT molecular complexity index is 154. The Morgan fingerprint density at radius 3 is 2.85 bits per heavy atom. The molecule has 1 fully saturated rings. The molecule has 13 heavy (non-hydrogen) atoms. The molecule has 4 unspecified atom stereocenters. The fraction of sp³-hybridized carbons (Fsp3) is 1.00. The first-order valence-electron chi connectivity index (χ1n) is 4.81. The highest BCUT2D eigenvalue weighted by molar-refractivity contribution is 4.84. The molecule has 0 amide bonds. The topological polar surface area (TPSA) is 50.7 Å². The smallest absolute Gasteiger partial charge is 0.185 e. The van der Waals surface area contributed by atoms with Gasteiger partial charge in [-0.15, -0.1) is 0 Å². The van der Waals surface area contributed by atoms with E-state index < -0.39 is 12.4 Å². The van der Waals surface area contributed by atoms with Gasteiger partial charge in [-0.3, -0.25) is 0 Å². The summed E-state index contributed by atoms with van der Waals surface area (Å²) in [7, 11) is 1.84. The Morgan fingerprint density at radius 2 is 2.31 bits per heavy atom. The van der Waals surface area contributed by atoms with Crippen LogP contribution in [0.2, 0.25) is 0 Å². The molecule has 4 nitrogen and oxygen atoms in total. The lowest BCUT2D eigenvalue weighted by Crippen LogP contribution is -2.53. The molecule has 1 rings (SSSR count). The van der Waals surface area contributed by atoms with Gasteiger partial charge in [0, 0.05) is 12.6 Å². The number of aliphatic hydroxyl groups is 1. The van der Waals surface area contributed by atoms with Gasteiger partial charge in [-0.1, -0.05) is 0 Å². The van der Waals surface area contributed by atoms with E-state index in [1.165, 1.54) is 0 Å². The minimum atomic E-state index is -0.568. The maximum absolute atomic E-state index is 9.77. The van der Waals surface area contributed by atoms with Crippen molar-refractivity contribution >= 4 is 0 Å². The molecular formula is C9H19NO3. The lowest BCUT2D eigenvalue weighted by Gasteiger charge is -2.37. The van der Waals surface area contributed by atoms with Crippen LogP contribution in [0.15, 0.2) is 0 Å². The predicted octanol–water partition coefficient (Wildman–Crippen LogP) is 0.107. The van der Waals surface area contributed by atoms with Gasteiger partial charge in [0.15, 0.2) is 6.29 Å². The molecule has 0 aromatic carbocycles. The maximum Gasteiger partial charge on any atom is 0.185 e. The molecule has 0 spiro atoms. The number of aliphatic hydroxyl groups excluding tert-OH is 1. The number of hydrogen-bond donors (Lipinski definition) is 2. The van der Waals surface area contributed by atoms with Crippen molar-refractivity contribution in [2.45, 2.75) is 44.8 Å². The maximum atomic E-state index is 9.77. The zero-order chi connectivity index (χ0) is 9.84. The van der Waals surface area contributed by atoms with Gasteiger partial charge < -0.3 is 19.9 Å². The molecular weight excluding hydrogens is 170 g/mol. The van der Waals surface area contributed by atoms with Crippen LogP contribution in [0.5, 0.6) is 0 Å². The van der Waals surface area contributed by atoms with Crippen molar-refractivity contribution in [1.82, 2.24) is 5.32 Å². The third kappa shape index (κ3) is 2.64. The molecule has 1 aliphatic rings. The monoisotopic (exact) mass is 189 g/mol. The van der Waals surface area contributed by atoms with Gasteiger partial charge >= 0.3 is 0 Å². The summed E-state index contributed by atoms with van der Waals surface area (Å²) >= 11 is 0. The van der Waals surface area contributed by atoms with Gasteiger partial charge in [0.1, 0.15) is 6.10 Å². The number of likely N-dealkylation sites (N-methyl/N-ethyl adjacent to an activating group) is 1. The SMILES string of the molecule is CCOC1OC(C)CC(NC)C1O. The van der Waals surface area contributed by atoms with E-state index in [1.54, 1.807) is 0 Å². The molecule has 1 saturated heterocycles. The fourth-order valence-electron chi connectivity index (χ4n) is 1.64. The highest BCUT2D eigenvalue weighted by Gasteiger charge is 2.35. The van der Waals surface area contributed by atoms with Gasteiger partial charge in [-0.05, 0) is 27.3 Å². The molecule has 0 aliphatic carbocycles. The lowest BCUT2D eigenvalue weighted by atomic mass is 10.0. The van der Waals surface area contributed by atoms with Crippen LogP contribution in [0.1, 0.15) is 20.3 Å². The summed E-state index contributed by atoms with van der Waals surface area (Å²) < 4.78 is 10.7. The van der Waals surface area contributed by atoms with Gasteiger partial charge in [-0.25, -0.2) is 0 Å². The predicted molar refractivity (Wildman–Crippen MR) is 49.4 cm³/mol. The first kappa shape index (κ1) is 10.9. The summed E-state index contributed by atoms with van der Waals surface area (Å²) in [5.41, 5.74) is 0. The summed E-state index contributed by atoms with van der Waals surface area (Å²) in [6.45, 7) is 4.44. The molecule has 4 heteroatoms. The first-order chi connectivity index (χ1) is 6.19. The molecule has 0 aromatic heterocycles. The largest absolute Gasteiger partial charge is 0.386 e. The minimum absolute atomic E-state index is 0.0697. The molecule has 78 valence electrons. The summed E-state index contributed by atoms with van der Waals surface area (Å²) in [6.07, 6.45) is -0.0916. The normalized spacial score (nSPS) is 40.6. The van der Waals surface area contributed by atoms with Gasteiger partial charge in [0.25, 0.3) is 0 Å². The van der Waals surface area contributed by atoms with Crippen LogP contribution < -0.4 is 5.32 Å². The van der Waals surface area contributed by atoms with E-state index in [0.29, 0.717) is 6.61 Å². The standard InChI is InChI=1S/C9H19NO3/c1-4-12-9-8(11)7(10-3)5-6(2)13-9/h6-11H,4-5H2,1-3H3. The highest BCUT2D eigenvalue weighted by Crippen LogP contribution is 2.20. The summed E-state index contributed by atoms with van der Waals surface area (Å²) in [4.78, 5) is 0. The fourth-order valence-corrected chi connectivity index (χ4v) is 1.64. The van der Waals surface area contributed by atoms with Crippen LogP contribution in [-0.4, -0.2) is 43.3 Å². The molecule has 1 aliphatic heterocycles. The second-order valence-electron chi connectivity index (χ2n) is 3.39. The number of ether oxygens (including phenoxy) is 2. The molecule has 1 heterocycles. The Labute approximate surface area is 79.2 Å². The van der Waals surface area contributed by atoms with Crippen LogP contribution in [0.3, 0.4) is 0 Å². The molecule has 0 radical (unpaired) electrons. The molecule has 0 aromatic rings. The van der Waals surface area contributed by atoms with Crippen molar-refractivity contribution < 1.29 is 14.6 Å². The van der Waals surface area contributed by atoms with E-state index in [2.05, 4.69) is 5.32 Å². The Morgan fingerprint density at radius 1 is 1.62 bits per heavy atom. The van der Waals surface area contributed by atoms with E-state index in [1.807, 2.05) is 20.9 Å². The minimum Gasteiger partial charge on any atom is -0.386 e. The first-order valence-corrected chi connectivity index (χ1v) is 4.81. The Balaban J connectivity index is 2.52. The van der Waals surface area contributed by atoms with E-state index in [9.17, 15) is 5.11 Å². The van der Waals surface area contributed by atoms with Crippen molar-refractivity contribution in [2.75, 3.05) is 13.7 Å². The summed E-state index contributed by atoms with van der Waals surface area (Å²) in [5, 5.41) is 12.8. The van der Waals surface area contributed by atoms with Crippen LogP contribution in [0, 0.1) is 0 Å². The van der Waals surface area contributed by atoms with Gasteiger partial charge in [0.2, 0.25) is 0 Å². The average molecular weight is 189 g/mol. The number of nitrogens with one attached hydrogen (secondary N) is 1. The third-order valence-corrected chi connectivity index (χ3v) is 2.35. The molecule has 4 atom stereocenters. The van der Waals surface area contributed by atoms with E-state index in [-0.39, 0.29) is 12.1 Å². The van der Waals surface area contributed by atoms with E-state index >= 15 is 0 Å². The van der Waals surface area contributed by atoms with Crippen LogP contribution >= 0.6 is 0 Å². The third-order valence-electron chi connectivity index (χ3n) is 2.35. The zero-order valence-corrected chi connectivity index (χ0v) is 8.49. The van der Waals surface area contributed by atoms with Crippen molar-refractivity contribution in [3.63, 3.8) is 0 Å². The van der Waals surface area contributed by atoms with E-state index in [4.69, 9.17) is 9.47 Å². The summed E-state index contributed by atoms with van der Waals surface area (Å²) in [6, 6.07) is 0.0697. The van der Waals surface area contributed by atoms with Crippen LogP contribution in [0.4, 0.5) is 0 Å². The Kier molecular flexibility index (Phi) is 4.12. The second-order valence-corrected chi connectivity index (χ2v) is 3.39. The molecule has 2 N–H and O–H groups in total. The molecule has 0 bridgehead atoms. The number of hydrogen-bond acceptors (Lipinski definition) is 4. The van der Waals surface area contributed by atoms with Crippen molar-refractivity contribution in [2.24, 2.45) is 0 Å². The quantitative estimate of drug-likeness (QED) is 0.661. The van der Waals surface area contributed by atoms with E-state index in [0.717, 1.165) is 6.42 Å². The average Bonchev–Trinajstić information content (AvgIpc) is 2.11. The molecule has 0 saturated carbocycles. The summed E-state index contributed by atoms with van der Waals surface area (Å²) in [5.74, 6) is 0. The van der Waals surface area contributed by atoms with Gasteiger partial charge in [0.05, 0.1) is 6.10 Å². The number of rotatable bonds is 3. The van der Waals surface area contributed by atoms with Crippen LogP contribution in [-0.2, 0) is 9.47 Å². The zero-order valence-electron chi connectivity index (χ0n) is 8.49. The van der Waals surface area contributed by atoms with Crippen molar-refractivity contribution in [3.05, 3.63) is 0 Å². The van der Waals surface area contributed by atoms with Crippen molar-refractivity contribution in [3.8, 4) is 0 Å².